The zero-order valence-corrected chi connectivity index (χ0v) is 13.9. The first-order chi connectivity index (χ1) is 12.1. The third-order valence-electron chi connectivity index (χ3n) is 4.98. The van der Waals surface area contributed by atoms with Crippen LogP contribution in [-0.4, -0.2) is 35.9 Å². The van der Waals surface area contributed by atoms with Crippen LogP contribution in [0.3, 0.4) is 0 Å². The van der Waals surface area contributed by atoms with Crippen LogP contribution in [0.2, 0.25) is 0 Å². The van der Waals surface area contributed by atoms with Gasteiger partial charge in [-0.2, -0.15) is 0 Å². The fraction of sp³-hybridized carbons (Fsp3) is 0.300. The smallest absolute Gasteiger partial charge is 0.254 e. The van der Waals surface area contributed by atoms with Crippen molar-refractivity contribution in [1.82, 2.24) is 4.90 Å². The van der Waals surface area contributed by atoms with E-state index in [0.717, 1.165) is 36.3 Å². The molecular weight excluding hydrogens is 316 g/mol. The summed E-state index contributed by atoms with van der Waals surface area (Å²) in [7, 11) is 0. The summed E-state index contributed by atoms with van der Waals surface area (Å²) in [6.07, 6.45) is 2.39. The minimum absolute atomic E-state index is 0.138. The molecule has 0 aliphatic carbocycles. The molecule has 2 N–H and O–H groups in total. The largest absolute Gasteiger partial charge is 0.493 e. The Morgan fingerprint density at radius 1 is 1.12 bits per heavy atom. The second-order valence-electron chi connectivity index (χ2n) is 6.56. The van der Waals surface area contributed by atoms with Gasteiger partial charge in [-0.25, -0.2) is 0 Å². The molecule has 2 heterocycles. The van der Waals surface area contributed by atoms with Crippen molar-refractivity contribution in [3.63, 3.8) is 0 Å². The van der Waals surface area contributed by atoms with Crippen molar-refractivity contribution in [3.8, 4) is 16.9 Å². The molecule has 25 heavy (non-hydrogen) atoms. The van der Waals surface area contributed by atoms with E-state index in [0.29, 0.717) is 18.5 Å². The summed E-state index contributed by atoms with van der Waals surface area (Å²) < 4.78 is 5.63. The minimum atomic E-state index is -0.496. The predicted molar refractivity (Wildman–Crippen MR) is 94.3 cm³/mol. The highest BCUT2D eigenvalue weighted by Crippen LogP contribution is 2.31. The van der Waals surface area contributed by atoms with Crippen LogP contribution in [-0.2, 0) is 11.2 Å². The second-order valence-corrected chi connectivity index (χ2v) is 6.56. The highest BCUT2D eigenvalue weighted by molar-refractivity contribution is 5.98. The van der Waals surface area contributed by atoms with Crippen LogP contribution < -0.4 is 10.5 Å². The van der Waals surface area contributed by atoms with E-state index in [1.807, 2.05) is 24.3 Å². The number of likely N-dealkylation sites (tertiary alicyclic amines) is 1. The van der Waals surface area contributed by atoms with Gasteiger partial charge in [0, 0.05) is 18.5 Å². The standard InChI is InChI=1S/C20H20N2O3/c21-19(23)17-5-2-9-22(17)20(24)16-4-1-3-14(11-16)15-7-6-13-8-10-25-18(13)12-15/h1,3-4,6-7,11-12,17H,2,5,8-10H2,(H2,21,23)/t17-/m0/s1. The molecule has 4 rings (SSSR count). The first kappa shape index (κ1) is 15.7. The van der Waals surface area contributed by atoms with Crippen LogP contribution in [0.4, 0.5) is 0 Å². The third-order valence-corrected chi connectivity index (χ3v) is 4.98. The van der Waals surface area contributed by atoms with Gasteiger partial charge in [-0.1, -0.05) is 24.3 Å². The number of nitrogens with zero attached hydrogens (tertiary/aromatic N) is 1. The Kier molecular flexibility index (Phi) is 3.92. The van der Waals surface area contributed by atoms with Crippen LogP contribution >= 0.6 is 0 Å². The highest BCUT2D eigenvalue weighted by atomic mass is 16.5. The van der Waals surface area contributed by atoms with E-state index in [1.54, 1.807) is 11.0 Å². The first-order valence-electron chi connectivity index (χ1n) is 8.60. The molecule has 1 saturated heterocycles. The van der Waals surface area contributed by atoms with Crippen LogP contribution in [0.25, 0.3) is 11.1 Å². The van der Waals surface area contributed by atoms with Gasteiger partial charge in [-0.3, -0.25) is 9.59 Å². The van der Waals surface area contributed by atoms with Gasteiger partial charge in [0.05, 0.1) is 6.61 Å². The number of hydrogen-bond acceptors (Lipinski definition) is 3. The number of primary amides is 1. The highest BCUT2D eigenvalue weighted by Gasteiger charge is 2.33. The molecule has 5 nitrogen and oxygen atoms in total. The van der Waals surface area contributed by atoms with Crippen molar-refractivity contribution in [2.75, 3.05) is 13.2 Å². The number of carbonyl (C=O) groups is 2. The average Bonchev–Trinajstić information content (AvgIpc) is 3.29. The molecule has 2 aromatic rings. The van der Waals surface area contributed by atoms with Crippen molar-refractivity contribution in [2.24, 2.45) is 5.73 Å². The Balaban J connectivity index is 1.63. The molecule has 2 amide bonds. The van der Waals surface area contributed by atoms with E-state index < -0.39 is 11.9 Å². The molecule has 5 heteroatoms. The number of rotatable bonds is 3. The van der Waals surface area contributed by atoms with Gasteiger partial charge in [0.15, 0.2) is 0 Å². The van der Waals surface area contributed by atoms with Crippen molar-refractivity contribution in [2.45, 2.75) is 25.3 Å². The first-order valence-corrected chi connectivity index (χ1v) is 8.60. The van der Waals surface area contributed by atoms with Crippen LogP contribution in [0, 0.1) is 0 Å². The molecule has 2 aliphatic heterocycles. The number of hydrogen-bond donors (Lipinski definition) is 1. The summed E-state index contributed by atoms with van der Waals surface area (Å²) >= 11 is 0. The van der Waals surface area contributed by atoms with E-state index in [4.69, 9.17) is 10.5 Å². The van der Waals surface area contributed by atoms with E-state index in [2.05, 4.69) is 12.1 Å². The molecule has 0 spiro atoms. The zero-order chi connectivity index (χ0) is 17.4. The van der Waals surface area contributed by atoms with Gasteiger partial charge >= 0.3 is 0 Å². The maximum atomic E-state index is 12.8. The summed E-state index contributed by atoms with van der Waals surface area (Å²) in [6, 6.07) is 13.2. The number of benzene rings is 2. The fourth-order valence-electron chi connectivity index (χ4n) is 3.65. The van der Waals surface area contributed by atoms with Crippen molar-refractivity contribution in [3.05, 3.63) is 53.6 Å². The lowest BCUT2D eigenvalue weighted by Crippen LogP contribution is -2.43. The molecule has 0 aromatic heterocycles. The molecule has 2 aromatic carbocycles. The van der Waals surface area contributed by atoms with Gasteiger partial charge in [-0.15, -0.1) is 0 Å². The average molecular weight is 336 g/mol. The second kappa shape index (κ2) is 6.24. The molecule has 0 unspecified atom stereocenters. The number of ether oxygens (including phenoxy) is 1. The van der Waals surface area contributed by atoms with E-state index in [-0.39, 0.29) is 5.91 Å². The Hall–Kier alpha value is -2.82. The number of amides is 2. The molecule has 2 aliphatic rings. The molecule has 128 valence electrons. The SMILES string of the molecule is NC(=O)[C@@H]1CCCN1C(=O)c1cccc(-c2ccc3c(c2)OCC3)c1. The van der Waals surface area contributed by atoms with Crippen LogP contribution in [0.5, 0.6) is 5.75 Å². The Bertz CT molecular complexity index is 847. The van der Waals surface area contributed by atoms with Crippen LogP contribution in [0.1, 0.15) is 28.8 Å². The van der Waals surface area contributed by atoms with E-state index in [9.17, 15) is 9.59 Å². The number of fused-ring (bicyclic) bond motifs is 1. The Labute approximate surface area is 146 Å². The Morgan fingerprint density at radius 3 is 2.80 bits per heavy atom. The lowest BCUT2D eigenvalue weighted by Gasteiger charge is -2.22. The molecule has 1 fully saturated rings. The number of carbonyl (C=O) groups excluding carboxylic acids is 2. The van der Waals surface area contributed by atoms with Gasteiger partial charge in [0.2, 0.25) is 5.91 Å². The van der Waals surface area contributed by atoms with Gasteiger partial charge in [0.1, 0.15) is 11.8 Å². The molecule has 0 radical (unpaired) electrons. The Morgan fingerprint density at radius 2 is 1.96 bits per heavy atom. The van der Waals surface area contributed by atoms with Gasteiger partial charge < -0.3 is 15.4 Å². The molecular formula is C20H20N2O3. The normalized spacial score (nSPS) is 18.7. The maximum Gasteiger partial charge on any atom is 0.254 e. The predicted octanol–water partition coefficient (Wildman–Crippen LogP) is 2.38. The monoisotopic (exact) mass is 336 g/mol. The van der Waals surface area contributed by atoms with E-state index >= 15 is 0 Å². The molecule has 1 atom stereocenters. The topological polar surface area (TPSA) is 72.6 Å². The summed E-state index contributed by atoms with van der Waals surface area (Å²) in [5.41, 5.74) is 9.20. The zero-order valence-electron chi connectivity index (χ0n) is 13.9. The van der Waals surface area contributed by atoms with Crippen LogP contribution in [0.15, 0.2) is 42.5 Å². The van der Waals surface area contributed by atoms with Gasteiger partial charge in [-0.05, 0) is 47.7 Å². The molecule has 0 bridgehead atoms. The summed E-state index contributed by atoms with van der Waals surface area (Å²) in [6.45, 7) is 1.30. The summed E-state index contributed by atoms with van der Waals surface area (Å²) in [5.74, 6) is 0.348. The van der Waals surface area contributed by atoms with Crippen molar-refractivity contribution in [1.29, 1.82) is 0 Å². The van der Waals surface area contributed by atoms with Crippen molar-refractivity contribution >= 4 is 11.8 Å². The fourth-order valence-corrected chi connectivity index (χ4v) is 3.65. The summed E-state index contributed by atoms with van der Waals surface area (Å²) in [4.78, 5) is 26.0. The lowest BCUT2D eigenvalue weighted by atomic mass is 10.0. The lowest BCUT2D eigenvalue weighted by molar-refractivity contribution is -0.121. The molecule has 0 saturated carbocycles. The van der Waals surface area contributed by atoms with Gasteiger partial charge in [0.25, 0.3) is 5.91 Å². The maximum absolute atomic E-state index is 12.8. The quantitative estimate of drug-likeness (QED) is 0.935. The van der Waals surface area contributed by atoms with Crippen molar-refractivity contribution < 1.29 is 14.3 Å². The number of nitrogens with two attached hydrogens (primary N) is 1. The summed E-state index contributed by atoms with van der Waals surface area (Å²) in [5, 5.41) is 0. The third kappa shape index (κ3) is 2.86. The minimum Gasteiger partial charge on any atom is -0.493 e. The van der Waals surface area contributed by atoms with E-state index in [1.165, 1.54) is 5.56 Å².